The lowest BCUT2D eigenvalue weighted by atomic mass is 10.2. The van der Waals surface area contributed by atoms with Gasteiger partial charge in [0, 0.05) is 23.1 Å². The number of hydrogen-bond donors (Lipinski definition) is 1. The molecule has 94 valence electrons. The fourth-order valence-corrected chi connectivity index (χ4v) is 1.88. The second kappa shape index (κ2) is 6.84. The molecule has 0 atom stereocenters. The number of benzene rings is 1. The van der Waals surface area contributed by atoms with Crippen molar-refractivity contribution in [2.24, 2.45) is 0 Å². The molecule has 0 radical (unpaired) electrons. The van der Waals surface area contributed by atoms with E-state index in [9.17, 15) is 4.79 Å². The van der Waals surface area contributed by atoms with Gasteiger partial charge in [0.15, 0.2) is 0 Å². The van der Waals surface area contributed by atoms with E-state index in [1.807, 2.05) is 17.9 Å². The molecule has 17 heavy (non-hydrogen) atoms. The maximum atomic E-state index is 10.5. The van der Waals surface area contributed by atoms with Crippen LogP contribution < -0.4 is 0 Å². The summed E-state index contributed by atoms with van der Waals surface area (Å²) in [7, 11) is 0. The van der Waals surface area contributed by atoms with E-state index < -0.39 is 5.97 Å². The van der Waals surface area contributed by atoms with Gasteiger partial charge in [0.1, 0.15) is 0 Å². The Labute approximate surface area is 111 Å². The molecule has 0 saturated heterocycles. The number of carbonyl (C=O) groups is 1. The van der Waals surface area contributed by atoms with E-state index in [4.69, 9.17) is 28.3 Å². The fraction of sp³-hybridized carbons (Fsp3) is 0.417. The van der Waals surface area contributed by atoms with Crippen LogP contribution in [0, 0.1) is 0 Å². The first-order valence-electron chi connectivity index (χ1n) is 5.41. The molecule has 0 aliphatic rings. The van der Waals surface area contributed by atoms with Gasteiger partial charge >= 0.3 is 5.97 Å². The minimum Gasteiger partial charge on any atom is -0.481 e. The van der Waals surface area contributed by atoms with E-state index >= 15 is 0 Å². The van der Waals surface area contributed by atoms with E-state index in [2.05, 4.69) is 0 Å². The van der Waals surface area contributed by atoms with E-state index in [0.717, 1.165) is 12.1 Å². The molecular weight excluding hydrogens is 261 g/mol. The molecule has 0 spiro atoms. The second-order valence-electron chi connectivity index (χ2n) is 3.75. The van der Waals surface area contributed by atoms with Crippen LogP contribution in [0.1, 0.15) is 18.9 Å². The van der Waals surface area contributed by atoms with Crippen molar-refractivity contribution < 1.29 is 9.90 Å². The molecule has 1 N–H and O–H groups in total. The first kappa shape index (κ1) is 14.3. The number of carboxylic acid groups (broad SMARTS) is 1. The molecule has 1 aromatic carbocycles. The number of nitrogens with zero attached hydrogens (tertiary/aromatic N) is 1. The molecule has 1 rings (SSSR count). The highest BCUT2D eigenvalue weighted by molar-refractivity contribution is 6.33. The number of halogens is 2. The van der Waals surface area contributed by atoms with Crippen LogP contribution in [0.2, 0.25) is 10.0 Å². The minimum atomic E-state index is -0.791. The van der Waals surface area contributed by atoms with Crippen molar-refractivity contribution in [3.05, 3.63) is 33.8 Å². The molecule has 0 aliphatic heterocycles. The molecule has 0 saturated carbocycles. The maximum absolute atomic E-state index is 10.5. The van der Waals surface area contributed by atoms with Gasteiger partial charge in [-0.25, -0.2) is 0 Å². The SMILES string of the molecule is CCN(CCC(=O)O)Cc1cc(Cl)ccc1Cl. The molecule has 0 aliphatic carbocycles. The van der Waals surface area contributed by atoms with Crippen molar-refractivity contribution in [3.8, 4) is 0 Å². The Morgan fingerprint density at radius 2 is 2.12 bits per heavy atom. The molecular formula is C12H15Cl2NO2. The Morgan fingerprint density at radius 1 is 1.41 bits per heavy atom. The smallest absolute Gasteiger partial charge is 0.304 e. The fourth-order valence-electron chi connectivity index (χ4n) is 1.51. The highest BCUT2D eigenvalue weighted by atomic mass is 35.5. The van der Waals surface area contributed by atoms with Crippen molar-refractivity contribution in [3.63, 3.8) is 0 Å². The highest BCUT2D eigenvalue weighted by Crippen LogP contribution is 2.22. The molecule has 0 heterocycles. The van der Waals surface area contributed by atoms with Gasteiger partial charge in [-0.2, -0.15) is 0 Å². The number of aliphatic carboxylic acids is 1. The van der Waals surface area contributed by atoms with Gasteiger partial charge < -0.3 is 5.11 Å². The van der Waals surface area contributed by atoms with Gasteiger partial charge in [0.25, 0.3) is 0 Å². The van der Waals surface area contributed by atoms with Gasteiger partial charge in [-0.15, -0.1) is 0 Å². The van der Waals surface area contributed by atoms with Crippen LogP contribution in [0.5, 0.6) is 0 Å². The summed E-state index contributed by atoms with van der Waals surface area (Å²) in [5.41, 5.74) is 0.923. The third-order valence-corrected chi connectivity index (χ3v) is 3.09. The Kier molecular flexibility index (Phi) is 5.75. The van der Waals surface area contributed by atoms with Crippen LogP contribution in [0.25, 0.3) is 0 Å². The maximum Gasteiger partial charge on any atom is 0.304 e. The second-order valence-corrected chi connectivity index (χ2v) is 4.59. The predicted molar refractivity (Wildman–Crippen MR) is 69.7 cm³/mol. The molecule has 0 unspecified atom stereocenters. The topological polar surface area (TPSA) is 40.5 Å². The zero-order chi connectivity index (χ0) is 12.8. The summed E-state index contributed by atoms with van der Waals surface area (Å²) in [5, 5.41) is 9.94. The molecule has 0 amide bonds. The summed E-state index contributed by atoms with van der Waals surface area (Å²) in [6.45, 7) is 3.88. The Bertz CT molecular complexity index is 396. The summed E-state index contributed by atoms with van der Waals surface area (Å²) < 4.78 is 0. The van der Waals surface area contributed by atoms with Crippen molar-refractivity contribution in [2.75, 3.05) is 13.1 Å². The summed E-state index contributed by atoms with van der Waals surface area (Å²) in [5.74, 6) is -0.791. The Hall–Kier alpha value is -0.770. The molecule has 0 bridgehead atoms. The quantitative estimate of drug-likeness (QED) is 0.866. The lowest BCUT2D eigenvalue weighted by Crippen LogP contribution is -2.25. The molecule has 3 nitrogen and oxygen atoms in total. The first-order chi connectivity index (χ1) is 8.02. The van der Waals surface area contributed by atoms with Gasteiger partial charge in [0.05, 0.1) is 6.42 Å². The number of hydrogen-bond acceptors (Lipinski definition) is 2. The zero-order valence-electron chi connectivity index (χ0n) is 9.62. The summed E-state index contributed by atoms with van der Waals surface area (Å²) in [6.07, 6.45) is 0.131. The monoisotopic (exact) mass is 275 g/mol. The van der Waals surface area contributed by atoms with Crippen molar-refractivity contribution in [2.45, 2.75) is 19.9 Å². The van der Waals surface area contributed by atoms with E-state index in [1.165, 1.54) is 0 Å². The van der Waals surface area contributed by atoms with Crippen LogP contribution >= 0.6 is 23.2 Å². The van der Waals surface area contributed by atoms with Crippen LogP contribution in [0.3, 0.4) is 0 Å². The van der Waals surface area contributed by atoms with Crippen molar-refractivity contribution in [1.29, 1.82) is 0 Å². The van der Waals surface area contributed by atoms with E-state index in [-0.39, 0.29) is 6.42 Å². The molecule has 1 aromatic rings. The van der Waals surface area contributed by atoms with Crippen LogP contribution in [-0.4, -0.2) is 29.1 Å². The molecule has 5 heteroatoms. The lowest BCUT2D eigenvalue weighted by Gasteiger charge is -2.20. The minimum absolute atomic E-state index is 0.131. The van der Waals surface area contributed by atoms with Gasteiger partial charge in [-0.1, -0.05) is 30.1 Å². The highest BCUT2D eigenvalue weighted by Gasteiger charge is 2.09. The van der Waals surface area contributed by atoms with Gasteiger partial charge in [-0.3, -0.25) is 9.69 Å². The first-order valence-corrected chi connectivity index (χ1v) is 6.16. The summed E-state index contributed by atoms with van der Waals surface area (Å²) in [4.78, 5) is 12.5. The third-order valence-electron chi connectivity index (χ3n) is 2.49. The number of rotatable bonds is 6. The average molecular weight is 276 g/mol. The van der Waals surface area contributed by atoms with Gasteiger partial charge in [-0.05, 0) is 30.3 Å². The van der Waals surface area contributed by atoms with Gasteiger partial charge in [0.2, 0.25) is 0 Å². The van der Waals surface area contributed by atoms with Crippen LogP contribution in [0.15, 0.2) is 18.2 Å². The molecule has 0 aromatic heterocycles. The van der Waals surface area contributed by atoms with Crippen molar-refractivity contribution >= 4 is 29.2 Å². The normalized spacial score (nSPS) is 10.8. The standard InChI is InChI=1S/C12H15Cl2NO2/c1-2-15(6-5-12(16)17)8-9-7-10(13)3-4-11(9)14/h3-4,7H,2,5-6,8H2,1H3,(H,16,17). The summed E-state index contributed by atoms with van der Waals surface area (Å²) >= 11 is 12.0. The van der Waals surface area contributed by atoms with Crippen molar-refractivity contribution in [1.82, 2.24) is 4.90 Å². The lowest BCUT2D eigenvalue weighted by molar-refractivity contribution is -0.137. The van der Waals surface area contributed by atoms with Crippen LogP contribution in [-0.2, 0) is 11.3 Å². The average Bonchev–Trinajstić information content (AvgIpc) is 2.28. The number of carboxylic acids is 1. The largest absolute Gasteiger partial charge is 0.481 e. The van der Waals surface area contributed by atoms with Crippen LogP contribution in [0.4, 0.5) is 0 Å². The summed E-state index contributed by atoms with van der Waals surface area (Å²) in [6, 6.07) is 5.30. The predicted octanol–water partition coefficient (Wildman–Crippen LogP) is 3.29. The van der Waals surface area contributed by atoms with E-state index in [1.54, 1.807) is 12.1 Å². The Balaban J connectivity index is 2.66. The van der Waals surface area contributed by atoms with E-state index in [0.29, 0.717) is 23.1 Å². The third kappa shape index (κ3) is 4.94. The zero-order valence-corrected chi connectivity index (χ0v) is 11.1. The Morgan fingerprint density at radius 3 is 2.71 bits per heavy atom. The molecule has 0 fully saturated rings.